The van der Waals surface area contributed by atoms with E-state index in [1.807, 2.05) is 0 Å². The van der Waals surface area contributed by atoms with Gasteiger partial charge in [-0.15, -0.1) is 10.2 Å². The lowest BCUT2D eigenvalue weighted by Gasteiger charge is -2.00. The van der Waals surface area contributed by atoms with E-state index in [-0.39, 0.29) is 10.6 Å². The highest BCUT2D eigenvalue weighted by atomic mass is 35.5. The van der Waals surface area contributed by atoms with Gasteiger partial charge in [-0.3, -0.25) is 0 Å². The van der Waals surface area contributed by atoms with E-state index in [1.54, 1.807) is 6.92 Å². The van der Waals surface area contributed by atoms with Gasteiger partial charge in [0.2, 0.25) is 5.89 Å². The Kier molecular flexibility index (Phi) is 3.30. The SMILES string of the molecule is Cc1nnc(Sc2cc(C(=O)O)c(Cl)cn2)o1. The second-order valence-electron chi connectivity index (χ2n) is 3.00. The van der Waals surface area contributed by atoms with Crippen LogP contribution < -0.4 is 0 Å². The highest BCUT2D eigenvalue weighted by molar-refractivity contribution is 7.99. The Labute approximate surface area is 105 Å². The van der Waals surface area contributed by atoms with Crippen molar-refractivity contribution in [3.8, 4) is 0 Å². The van der Waals surface area contributed by atoms with E-state index in [0.717, 1.165) is 11.8 Å². The van der Waals surface area contributed by atoms with Crippen molar-refractivity contribution < 1.29 is 14.3 Å². The third-order valence-corrected chi connectivity index (χ3v) is 2.83. The van der Waals surface area contributed by atoms with E-state index in [4.69, 9.17) is 21.1 Å². The van der Waals surface area contributed by atoms with Gasteiger partial charge in [-0.1, -0.05) is 11.6 Å². The molecule has 0 amide bonds. The smallest absolute Gasteiger partial charge is 0.337 e. The fourth-order valence-corrected chi connectivity index (χ4v) is 1.94. The fourth-order valence-electron chi connectivity index (χ4n) is 1.05. The van der Waals surface area contributed by atoms with Crippen LogP contribution in [0.15, 0.2) is 26.9 Å². The quantitative estimate of drug-likeness (QED) is 0.916. The van der Waals surface area contributed by atoms with Gasteiger partial charge in [-0.25, -0.2) is 9.78 Å². The van der Waals surface area contributed by atoms with E-state index in [9.17, 15) is 4.79 Å². The van der Waals surface area contributed by atoms with Crippen molar-refractivity contribution in [1.29, 1.82) is 0 Å². The second kappa shape index (κ2) is 4.72. The van der Waals surface area contributed by atoms with Gasteiger partial charge >= 0.3 is 5.97 Å². The summed E-state index contributed by atoms with van der Waals surface area (Å²) in [4.78, 5) is 14.8. The number of hydrogen-bond acceptors (Lipinski definition) is 6. The minimum Gasteiger partial charge on any atom is -0.478 e. The summed E-state index contributed by atoms with van der Waals surface area (Å²) in [6, 6.07) is 1.36. The van der Waals surface area contributed by atoms with Crippen molar-refractivity contribution in [2.45, 2.75) is 17.2 Å². The summed E-state index contributed by atoms with van der Waals surface area (Å²) in [5.74, 6) is -0.680. The Balaban J connectivity index is 2.28. The average Bonchev–Trinajstić information content (AvgIpc) is 2.66. The lowest BCUT2D eigenvalue weighted by atomic mass is 10.3. The summed E-state index contributed by atoms with van der Waals surface area (Å²) in [7, 11) is 0. The van der Waals surface area contributed by atoms with Crippen LogP contribution in [0.5, 0.6) is 0 Å². The lowest BCUT2D eigenvalue weighted by Crippen LogP contribution is -1.98. The molecule has 0 aromatic carbocycles. The molecular weight excluding hydrogens is 266 g/mol. The van der Waals surface area contributed by atoms with Crippen LogP contribution in [0.4, 0.5) is 0 Å². The zero-order valence-electron chi connectivity index (χ0n) is 8.55. The molecule has 17 heavy (non-hydrogen) atoms. The zero-order chi connectivity index (χ0) is 12.4. The van der Waals surface area contributed by atoms with Crippen LogP contribution in [0.2, 0.25) is 5.02 Å². The van der Waals surface area contributed by atoms with Crippen LogP contribution in [0.25, 0.3) is 0 Å². The van der Waals surface area contributed by atoms with Crippen molar-refractivity contribution >= 4 is 29.3 Å². The second-order valence-corrected chi connectivity index (χ2v) is 4.38. The number of carboxylic acids is 1. The number of pyridine rings is 1. The molecule has 2 rings (SSSR count). The van der Waals surface area contributed by atoms with E-state index < -0.39 is 5.97 Å². The molecule has 0 saturated heterocycles. The third-order valence-electron chi connectivity index (χ3n) is 1.76. The molecule has 8 heteroatoms. The van der Waals surface area contributed by atoms with Crippen molar-refractivity contribution in [3.05, 3.63) is 28.7 Å². The van der Waals surface area contributed by atoms with Gasteiger partial charge in [-0.05, 0) is 17.8 Å². The summed E-state index contributed by atoms with van der Waals surface area (Å²) in [5.41, 5.74) is -0.0135. The molecule has 1 N–H and O–H groups in total. The van der Waals surface area contributed by atoms with Gasteiger partial charge in [0.05, 0.1) is 10.6 Å². The first-order valence-corrected chi connectivity index (χ1v) is 5.62. The van der Waals surface area contributed by atoms with Crippen LogP contribution in [-0.4, -0.2) is 26.3 Å². The van der Waals surface area contributed by atoms with Crippen LogP contribution in [-0.2, 0) is 0 Å². The normalized spacial score (nSPS) is 10.5. The summed E-state index contributed by atoms with van der Waals surface area (Å²) < 4.78 is 5.14. The fraction of sp³-hybridized carbons (Fsp3) is 0.111. The van der Waals surface area contributed by atoms with Crippen LogP contribution in [0, 0.1) is 6.92 Å². The van der Waals surface area contributed by atoms with Gasteiger partial charge in [0, 0.05) is 13.1 Å². The number of carbonyl (C=O) groups is 1. The van der Waals surface area contributed by atoms with Gasteiger partial charge in [-0.2, -0.15) is 0 Å². The molecule has 0 bridgehead atoms. The molecule has 0 radical (unpaired) electrons. The maximum atomic E-state index is 10.9. The van der Waals surface area contributed by atoms with E-state index in [1.165, 1.54) is 12.3 Å². The largest absolute Gasteiger partial charge is 0.478 e. The molecule has 0 aliphatic rings. The first kappa shape index (κ1) is 11.9. The topological polar surface area (TPSA) is 89.1 Å². The van der Waals surface area contributed by atoms with Gasteiger partial charge in [0.1, 0.15) is 5.03 Å². The maximum absolute atomic E-state index is 10.9. The minimum absolute atomic E-state index is 0.0135. The molecule has 2 aromatic rings. The molecule has 0 aliphatic carbocycles. The maximum Gasteiger partial charge on any atom is 0.337 e. The number of rotatable bonds is 3. The van der Waals surface area contributed by atoms with Crippen molar-refractivity contribution in [3.63, 3.8) is 0 Å². The predicted octanol–water partition coefficient (Wildman–Crippen LogP) is 2.28. The Hall–Kier alpha value is -1.60. The average molecular weight is 272 g/mol. The van der Waals surface area contributed by atoms with Crippen LogP contribution in [0.1, 0.15) is 16.2 Å². The Morgan fingerprint density at radius 1 is 1.53 bits per heavy atom. The number of aromatic nitrogens is 3. The lowest BCUT2D eigenvalue weighted by molar-refractivity contribution is 0.0696. The van der Waals surface area contributed by atoms with Crippen molar-refractivity contribution in [2.75, 3.05) is 0 Å². The van der Waals surface area contributed by atoms with E-state index >= 15 is 0 Å². The molecule has 0 unspecified atom stereocenters. The number of hydrogen-bond donors (Lipinski definition) is 1. The molecule has 0 atom stereocenters. The summed E-state index contributed by atoms with van der Waals surface area (Å²) in [6.07, 6.45) is 1.27. The number of aryl methyl sites for hydroxylation is 1. The Morgan fingerprint density at radius 2 is 2.29 bits per heavy atom. The molecule has 2 aromatic heterocycles. The van der Waals surface area contributed by atoms with Gasteiger partial charge in [0.25, 0.3) is 5.22 Å². The molecule has 2 heterocycles. The first-order valence-electron chi connectivity index (χ1n) is 4.43. The zero-order valence-corrected chi connectivity index (χ0v) is 10.1. The molecule has 0 saturated carbocycles. The molecule has 6 nitrogen and oxygen atoms in total. The predicted molar refractivity (Wildman–Crippen MR) is 59.4 cm³/mol. The standard InChI is InChI=1S/C9H6ClN3O3S/c1-4-12-13-9(16-4)17-7-2-5(8(14)15)6(10)3-11-7/h2-3H,1H3,(H,14,15). The molecule has 0 fully saturated rings. The van der Waals surface area contributed by atoms with Crippen molar-refractivity contribution in [1.82, 2.24) is 15.2 Å². The number of carboxylic acid groups (broad SMARTS) is 1. The monoisotopic (exact) mass is 271 g/mol. The van der Waals surface area contributed by atoms with E-state index in [0.29, 0.717) is 16.1 Å². The van der Waals surface area contributed by atoms with Crippen LogP contribution in [0.3, 0.4) is 0 Å². The Bertz CT molecular complexity index is 572. The number of halogens is 1. The highest BCUT2D eigenvalue weighted by Crippen LogP contribution is 2.27. The summed E-state index contributed by atoms with van der Waals surface area (Å²) in [5, 5.41) is 17.1. The van der Waals surface area contributed by atoms with Gasteiger partial charge in [0.15, 0.2) is 0 Å². The molecule has 0 aliphatic heterocycles. The minimum atomic E-state index is -1.11. The van der Waals surface area contributed by atoms with Gasteiger partial charge < -0.3 is 9.52 Å². The molecule has 88 valence electrons. The van der Waals surface area contributed by atoms with Crippen molar-refractivity contribution in [2.24, 2.45) is 0 Å². The van der Waals surface area contributed by atoms with E-state index in [2.05, 4.69) is 15.2 Å². The van der Waals surface area contributed by atoms with Crippen LogP contribution >= 0.6 is 23.4 Å². The third kappa shape index (κ3) is 2.75. The summed E-state index contributed by atoms with van der Waals surface area (Å²) >= 11 is 6.77. The molecular formula is C9H6ClN3O3S. The number of nitrogens with zero attached hydrogens (tertiary/aromatic N) is 3. The first-order chi connectivity index (χ1) is 8.06. The number of aromatic carboxylic acids is 1. The summed E-state index contributed by atoms with van der Waals surface area (Å²) in [6.45, 7) is 1.66. The Morgan fingerprint density at radius 3 is 2.88 bits per heavy atom. The highest BCUT2D eigenvalue weighted by Gasteiger charge is 2.13. The molecule has 0 spiro atoms.